The van der Waals surface area contributed by atoms with Crippen molar-refractivity contribution in [2.24, 2.45) is 0 Å². The van der Waals surface area contributed by atoms with E-state index in [0.29, 0.717) is 11.5 Å². The highest BCUT2D eigenvalue weighted by molar-refractivity contribution is 7.19. The molecule has 6 heteroatoms. The first-order valence-electron chi connectivity index (χ1n) is 7.97. The van der Waals surface area contributed by atoms with Crippen LogP contribution in [-0.4, -0.2) is 24.2 Å². The van der Waals surface area contributed by atoms with Gasteiger partial charge < -0.3 is 14.8 Å². The van der Waals surface area contributed by atoms with Gasteiger partial charge in [-0.15, -0.1) is 11.3 Å². The van der Waals surface area contributed by atoms with Crippen molar-refractivity contribution in [3.05, 3.63) is 34.5 Å². The molecule has 3 aromatic rings. The van der Waals surface area contributed by atoms with Crippen molar-refractivity contribution in [3.8, 4) is 11.5 Å². The molecule has 0 saturated carbocycles. The third-order valence-electron chi connectivity index (χ3n) is 4.32. The lowest BCUT2D eigenvalue weighted by molar-refractivity contribution is 0.355. The lowest BCUT2D eigenvalue weighted by atomic mass is 10.2. The van der Waals surface area contributed by atoms with Crippen LogP contribution >= 0.6 is 11.3 Å². The van der Waals surface area contributed by atoms with Crippen molar-refractivity contribution >= 4 is 33.1 Å². The Morgan fingerprint density at radius 3 is 2.71 bits per heavy atom. The third kappa shape index (κ3) is 2.47. The molecule has 0 unspecified atom stereocenters. The number of methoxy groups -OCH3 is 2. The number of nitrogens with one attached hydrogen (secondary N) is 1. The highest BCUT2D eigenvalue weighted by atomic mass is 32.1. The Balaban J connectivity index is 1.80. The topological polar surface area (TPSA) is 56.3 Å². The summed E-state index contributed by atoms with van der Waals surface area (Å²) in [6.45, 7) is 1.93. The van der Waals surface area contributed by atoms with E-state index < -0.39 is 0 Å². The normalized spacial score (nSPS) is 13.1. The maximum absolute atomic E-state index is 5.39. The SMILES string of the molecule is COc1ccc(Nc2nc(C)nc3sc4c(c23)CCC4)cc1OC. The van der Waals surface area contributed by atoms with Crippen molar-refractivity contribution < 1.29 is 9.47 Å². The average Bonchev–Trinajstić information content (AvgIpc) is 3.14. The van der Waals surface area contributed by atoms with Gasteiger partial charge >= 0.3 is 0 Å². The highest BCUT2D eigenvalue weighted by Crippen LogP contribution is 2.40. The maximum atomic E-state index is 5.39. The predicted octanol–water partition coefficient (Wildman–Crippen LogP) is 4.25. The Bertz CT molecular complexity index is 920. The molecule has 0 bridgehead atoms. The molecule has 0 fully saturated rings. The van der Waals surface area contributed by atoms with E-state index in [2.05, 4.69) is 15.3 Å². The summed E-state index contributed by atoms with van der Waals surface area (Å²) in [5.41, 5.74) is 2.34. The molecule has 1 aliphatic rings. The summed E-state index contributed by atoms with van der Waals surface area (Å²) in [4.78, 5) is 11.8. The lowest BCUT2D eigenvalue weighted by Gasteiger charge is -2.12. The van der Waals surface area contributed by atoms with E-state index in [0.717, 1.165) is 35.0 Å². The molecular formula is C18H19N3O2S. The minimum absolute atomic E-state index is 0.695. The van der Waals surface area contributed by atoms with Crippen LogP contribution in [0.4, 0.5) is 11.5 Å². The summed E-state index contributed by atoms with van der Waals surface area (Å²) in [7, 11) is 3.28. The maximum Gasteiger partial charge on any atom is 0.162 e. The van der Waals surface area contributed by atoms with Crippen LogP contribution in [0.5, 0.6) is 11.5 Å². The molecule has 5 nitrogen and oxygen atoms in total. The van der Waals surface area contributed by atoms with Crippen LogP contribution in [-0.2, 0) is 12.8 Å². The van der Waals surface area contributed by atoms with Crippen LogP contribution in [0.2, 0.25) is 0 Å². The van der Waals surface area contributed by atoms with E-state index in [1.807, 2.05) is 25.1 Å². The molecule has 2 heterocycles. The second-order valence-electron chi connectivity index (χ2n) is 5.85. The molecule has 24 heavy (non-hydrogen) atoms. The first-order chi connectivity index (χ1) is 11.7. The molecule has 4 rings (SSSR count). The van der Waals surface area contributed by atoms with E-state index in [-0.39, 0.29) is 0 Å². The number of aromatic nitrogens is 2. The number of hydrogen-bond acceptors (Lipinski definition) is 6. The first kappa shape index (κ1) is 15.2. The van der Waals surface area contributed by atoms with Gasteiger partial charge in [0.25, 0.3) is 0 Å². The largest absolute Gasteiger partial charge is 0.493 e. The molecule has 0 spiro atoms. The average molecular weight is 341 g/mol. The Labute approximate surface area is 144 Å². The molecule has 2 aromatic heterocycles. The van der Waals surface area contributed by atoms with E-state index in [4.69, 9.17) is 9.47 Å². The van der Waals surface area contributed by atoms with Crippen LogP contribution < -0.4 is 14.8 Å². The summed E-state index contributed by atoms with van der Waals surface area (Å²) >= 11 is 1.80. The van der Waals surface area contributed by atoms with Crippen LogP contribution in [0.25, 0.3) is 10.2 Å². The summed E-state index contributed by atoms with van der Waals surface area (Å²) in [5, 5.41) is 4.62. The van der Waals surface area contributed by atoms with Crippen molar-refractivity contribution in [1.29, 1.82) is 0 Å². The van der Waals surface area contributed by atoms with Crippen molar-refractivity contribution in [2.45, 2.75) is 26.2 Å². The van der Waals surface area contributed by atoms with E-state index in [9.17, 15) is 0 Å². The fourth-order valence-corrected chi connectivity index (χ4v) is 4.55. The number of fused-ring (bicyclic) bond motifs is 3. The molecule has 1 N–H and O–H groups in total. The third-order valence-corrected chi connectivity index (χ3v) is 5.51. The summed E-state index contributed by atoms with van der Waals surface area (Å²) in [6.07, 6.45) is 3.49. The predicted molar refractivity (Wildman–Crippen MR) is 97.0 cm³/mol. The quantitative estimate of drug-likeness (QED) is 0.769. The van der Waals surface area contributed by atoms with Gasteiger partial charge in [-0.1, -0.05) is 0 Å². The summed E-state index contributed by atoms with van der Waals surface area (Å²) < 4.78 is 10.7. The molecule has 0 radical (unpaired) electrons. The molecule has 0 amide bonds. The van der Waals surface area contributed by atoms with Crippen LogP contribution in [0.3, 0.4) is 0 Å². The van der Waals surface area contributed by atoms with Crippen molar-refractivity contribution in [1.82, 2.24) is 9.97 Å². The number of benzene rings is 1. The Kier molecular flexibility index (Phi) is 3.76. The minimum atomic E-state index is 0.695. The number of ether oxygens (including phenoxy) is 2. The second-order valence-corrected chi connectivity index (χ2v) is 6.94. The number of aryl methyl sites for hydroxylation is 3. The molecular weight excluding hydrogens is 322 g/mol. The van der Waals surface area contributed by atoms with Gasteiger partial charge in [0.05, 0.1) is 19.6 Å². The smallest absolute Gasteiger partial charge is 0.162 e. The lowest BCUT2D eigenvalue weighted by Crippen LogP contribution is -1.99. The highest BCUT2D eigenvalue weighted by Gasteiger charge is 2.22. The standard InChI is InChI=1S/C18H19N3O2S/c1-10-19-17(16-12-5-4-6-15(12)24-18(16)20-10)21-11-7-8-13(22-2)14(9-11)23-3/h7-9H,4-6H2,1-3H3,(H,19,20,21). The Morgan fingerprint density at radius 2 is 1.92 bits per heavy atom. The molecule has 0 aliphatic heterocycles. The van der Waals surface area contributed by atoms with Crippen LogP contribution in [0.15, 0.2) is 18.2 Å². The van der Waals surface area contributed by atoms with Gasteiger partial charge in [-0.3, -0.25) is 0 Å². The monoisotopic (exact) mass is 341 g/mol. The number of nitrogens with zero attached hydrogens (tertiary/aromatic N) is 2. The molecule has 0 saturated heterocycles. The van der Waals surface area contributed by atoms with Gasteiger partial charge in [-0.25, -0.2) is 9.97 Å². The van der Waals surface area contributed by atoms with Crippen molar-refractivity contribution in [3.63, 3.8) is 0 Å². The van der Waals surface area contributed by atoms with Gasteiger partial charge in [-0.05, 0) is 43.9 Å². The van der Waals surface area contributed by atoms with E-state index in [1.165, 1.54) is 22.2 Å². The van der Waals surface area contributed by atoms with E-state index in [1.54, 1.807) is 25.6 Å². The minimum Gasteiger partial charge on any atom is -0.493 e. The Morgan fingerprint density at radius 1 is 1.08 bits per heavy atom. The number of anilines is 2. The van der Waals surface area contributed by atoms with Gasteiger partial charge in [0.2, 0.25) is 0 Å². The van der Waals surface area contributed by atoms with Gasteiger partial charge in [0, 0.05) is 16.6 Å². The zero-order valence-corrected chi connectivity index (χ0v) is 14.8. The molecule has 1 aliphatic carbocycles. The molecule has 124 valence electrons. The van der Waals surface area contributed by atoms with Crippen LogP contribution in [0.1, 0.15) is 22.7 Å². The van der Waals surface area contributed by atoms with E-state index >= 15 is 0 Å². The van der Waals surface area contributed by atoms with Gasteiger partial charge in [0.15, 0.2) is 11.5 Å². The second kappa shape index (κ2) is 5.94. The fraction of sp³-hybridized carbons (Fsp3) is 0.333. The Hall–Kier alpha value is -2.34. The summed E-state index contributed by atoms with van der Waals surface area (Å²) in [5.74, 6) is 3.07. The summed E-state index contributed by atoms with van der Waals surface area (Å²) in [6, 6.07) is 5.79. The number of hydrogen-bond donors (Lipinski definition) is 1. The number of thiophene rings is 1. The number of rotatable bonds is 4. The molecule has 1 aromatic carbocycles. The van der Waals surface area contributed by atoms with Gasteiger partial charge in [0.1, 0.15) is 16.5 Å². The molecule has 0 atom stereocenters. The zero-order valence-electron chi connectivity index (χ0n) is 14.0. The fourth-order valence-electron chi connectivity index (χ4n) is 3.24. The van der Waals surface area contributed by atoms with Gasteiger partial charge in [-0.2, -0.15) is 0 Å². The van der Waals surface area contributed by atoms with Crippen molar-refractivity contribution in [2.75, 3.05) is 19.5 Å². The first-order valence-corrected chi connectivity index (χ1v) is 8.79. The van der Waals surface area contributed by atoms with Crippen LogP contribution in [0, 0.1) is 6.92 Å². The zero-order chi connectivity index (χ0) is 16.7.